The van der Waals surface area contributed by atoms with Crippen molar-refractivity contribution in [2.45, 2.75) is 25.4 Å². The number of nitrogens with one attached hydrogen (secondary N) is 1. The number of benzene rings is 2. The van der Waals surface area contributed by atoms with Gasteiger partial charge in [-0.3, -0.25) is 4.90 Å². The van der Waals surface area contributed by atoms with Crippen LogP contribution in [0.2, 0.25) is 0 Å². The first-order chi connectivity index (χ1) is 13.3. The van der Waals surface area contributed by atoms with E-state index >= 15 is 0 Å². The molecule has 2 aromatic carbocycles. The molecule has 5 nitrogen and oxygen atoms in total. The van der Waals surface area contributed by atoms with Gasteiger partial charge >= 0.3 is 0 Å². The van der Waals surface area contributed by atoms with Crippen molar-refractivity contribution in [1.82, 2.24) is 15.0 Å². The molecule has 0 spiro atoms. The molecular weight excluding hydrogens is 336 g/mol. The van der Waals surface area contributed by atoms with Crippen molar-refractivity contribution in [2.75, 3.05) is 25.0 Å². The van der Waals surface area contributed by atoms with Crippen molar-refractivity contribution in [3.8, 4) is 0 Å². The summed E-state index contributed by atoms with van der Waals surface area (Å²) in [6.45, 7) is 3.21. The van der Waals surface area contributed by atoms with E-state index in [9.17, 15) is 0 Å². The number of likely N-dealkylation sites (tertiary alicyclic amines) is 1. The highest BCUT2D eigenvalue weighted by molar-refractivity contribution is 5.88. The lowest BCUT2D eigenvalue weighted by Crippen LogP contribution is -2.43. The Morgan fingerprint density at radius 1 is 1.07 bits per heavy atom. The maximum atomic E-state index is 5.49. The number of hydrogen-bond acceptors (Lipinski definition) is 4. The molecule has 5 rings (SSSR count). The molecule has 1 aliphatic heterocycles. The van der Waals surface area contributed by atoms with Crippen LogP contribution in [0.25, 0.3) is 21.9 Å². The number of nitrogens with zero attached hydrogens (tertiary/aromatic N) is 3. The van der Waals surface area contributed by atoms with Crippen LogP contribution >= 0.6 is 0 Å². The molecule has 1 saturated heterocycles. The van der Waals surface area contributed by atoms with Gasteiger partial charge in [0.1, 0.15) is 0 Å². The van der Waals surface area contributed by atoms with Gasteiger partial charge < -0.3 is 14.4 Å². The fourth-order valence-electron chi connectivity index (χ4n) is 4.27. The molecule has 0 bridgehead atoms. The minimum Gasteiger partial charge on any atom is -0.361 e. The number of fused-ring (bicyclic) bond motifs is 2. The van der Waals surface area contributed by atoms with Crippen LogP contribution in [-0.4, -0.2) is 41.2 Å². The minimum atomic E-state index is 0.498. The molecule has 0 atom stereocenters. The Kier molecular flexibility index (Phi) is 4.09. The van der Waals surface area contributed by atoms with Gasteiger partial charge in [-0.05, 0) is 36.6 Å². The molecule has 1 N–H and O–H groups in total. The van der Waals surface area contributed by atoms with Crippen LogP contribution in [0, 0.1) is 0 Å². The number of hydrogen-bond donors (Lipinski definition) is 1. The second-order valence-electron chi connectivity index (χ2n) is 7.48. The molecule has 0 saturated carbocycles. The number of anilines is 1. The molecule has 5 heteroatoms. The van der Waals surface area contributed by atoms with E-state index in [1.54, 1.807) is 0 Å². The predicted octanol–water partition coefficient (Wildman–Crippen LogP) is 4.41. The normalized spacial score (nSPS) is 16.3. The number of piperidine rings is 1. The van der Waals surface area contributed by atoms with Crippen LogP contribution in [-0.2, 0) is 6.54 Å². The second-order valence-corrected chi connectivity index (χ2v) is 7.48. The Morgan fingerprint density at radius 2 is 1.81 bits per heavy atom. The lowest BCUT2D eigenvalue weighted by atomic mass is 10.0. The Balaban J connectivity index is 1.26. The van der Waals surface area contributed by atoms with Gasteiger partial charge in [0.15, 0.2) is 11.4 Å². The van der Waals surface area contributed by atoms with E-state index in [0.29, 0.717) is 6.04 Å². The molecule has 0 radical (unpaired) electrons. The lowest BCUT2D eigenvalue weighted by Gasteiger charge is -2.36. The fourth-order valence-corrected chi connectivity index (χ4v) is 4.27. The van der Waals surface area contributed by atoms with Gasteiger partial charge in [0, 0.05) is 49.8 Å². The minimum absolute atomic E-state index is 0.498. The van der Waals surface area contributed by atoms with E-state index in [0.717, 1.165) is 49.3 Å². The number of H-pyrrole nitrogens is 1. The van der Waals surface area contributed by atoms with Gasteiger partial charge in [-0.15, -0.1) is 0 Å². The van der Waals surface area contributed by atoms with Crippen molar-refractivity contribution in [3.63, 3.8) is 0 Å². The topological polar surface area (TPSA) is 48.3 Å². The van der Waals surface area contributed by atoms with Crippen LogP contribution < -0.4 is 4.90 Å². The van der Waals surface area contributed by atoms with Crippen LogP contribution in [0.15, 0.2) is 59.3 Å². The summed E-state index contributed by atoms with van der Waals surface area (Å²) in [5.41, 5.74) is 3.47. The van der Waals surface area contributed by atoms with E-state index in [1.165, 1.54) is 16.5 Å². The van der Waals surface area contributed by atoms with Crippen molar-refractivity contribution >= 4 is 27.7 Å². The van der Waals surface area contributed by atoms with Crippen LogP contribution in [0.4, 0.5) is 5.82 Å². The summed E-state index contributed by atoms with van der Waals surface area (Å²) in [6, 6.07) is 17.1. The summed E-state index contributed by atoms with van der Waals surface area (Å²) in [5, 5.41) is 6.75. The third kappa shape index (κ3) is 2.98. The van der Waals surface area contributed by atoms with E-state index in [4.69, 9.17) is 4.52 Å². The molecule has 4 aromatic rings. The third-order valence-electron chi connectivity index (χ3n) is 5.87. The smallest absolute Gasteiger partial charge is 0.179 e. The summed E-state index contributed by atoms with van der Waals surface area (Å²) >= 11 is 0. The zero-order valence-corrected chi connectivity index (χ0v) is 15.6. The highest BCUT2D eigenvalue weighted by atomic mass is 16.5. The SMILES string of the molecule is CN(c1noc2ccccc12)C1CCN(Cc2c[nH]c3ccccc23)CC1. The van der Waals surface area contributed by atoms with Crippen LogP contribution in [0.3, 0.4) is 0 Å². The van der Waals surface area contributed by atoms with Gasteiger partial charge in [0.05, 0.1) is 5.39 Å². The third-order valence-corrected chi connectivity index (χ3v) is 5.87. The molecule has 3 heterocycles. The molecule has 138 valence electrons. The maximum Gasteiger partial charge on any atom is 0.179 e. The van der Waals surface area contributed by atoms with Gasteiger partial charge in [0.2, 0.25) is 0 Å². The molecule has 0 amide bonds. The Labute approximate surface area is 158 Å². The molecule has 1 fully saturated rings. The number of rotatable bonds is 4. The zero-order valence-electron chi connectivity index (χ0n) is 15.6. The number of aromatic amines is 1. The summed E-state index contributed by atoms with van der Waals surface area (Å²) in [4.78, 5) is 8.24. The standard InChI is InChI=1S/C22H24N4O/c1-25(22-19-7-3-5-9-21(19)27-24-22)17-10-12-26(13-11-17)15-16-14-23-20-8-4-2-6-18(16)20/h2-9,14,17,23H,10-13,15H2,1H3. The van der Waals surface area contributed by atoms with E-state index in [-0.39, 0.29) is 0 Å². The Hall–Kier alpha value is -2.79. The molecule has 27 heavy (non-hydrogen) atoms. The Bertz CT molecular complexity index is 1060. The highest BCUT2D eigenvalue weighted by Crippen LogP contribution is 2.29. The lowest BCUT2D eigenvalue weighted by molar-refractivity contribution is 0.203. The monoisotopic (exact) mass is 360 g/mol. The van der Waals surface area contributed by atoms with Crippen molar-refractivity contribution in [1.29, 1.82) is 0 Å². The van der Waals surface area contributed by atoms with Crippen molar-refractivity contribution < 1.29 is 4.52 Å². The molecule has 1 aliphatic rings. The zero-order chi connectivity index (χ0) is 18.2. The predicted molar refractivity (Wildman–Crippen MR) is 109 cm³/mol. The van der Waals surface area contributed by atoms with Gasteiger partial charge in [-0.1, -0.05) is 35.5 Å². The average Bonchev–Trinajstić information content (AvgIpc) is 3.33. The number of para-hydroxylation sites is 2. The van der Waals surface area contributed by atoms with Crippen LogP contribution in [0.5, 0.6) is 0 Å². The first-order valence-corrected chi connectivity index (χ1v) is 9.64. The quantitative estimate of drug-likeness (QED) is 0.586. The second kappa shape index (κ2) is 6.74. The molecular formula is C22H24N4O. The van der Waals surface area contributed by atoms with Gasteiger partial charge in [-0.2, -0.15) is 0 Å². The first kappa shape index (κ1) is 16.4. The maximum absolute atomic E-state index is 5.49. The van der Waals surface area contributed by atoms with E-state index in [1.807, 2.05) is 18.2 Å². The Morgan fingerprint density at radius 3 is 2.67 bits per heavy atom. The largest absolute Gasteiger partial charge is 0.361 e. The summed E-state index contributed by atoms with van der Waals surface area (Å²) < 4.78 is 5.49. The van der Waals surface area contributed by atoms with E-state index in [2.05, 4.69) is 63.5 Å². The van der Waals surface area contributed by atoms with Gasteiger partial charge in [-0.25, -0.2) is 0 Å². The highest BCUT2D eigenvalue weighted by Gasteiger charge is 2.25. The fraction of sp³-hybridized carbons (Fsp3) is 0.318. The van der Waals surface area contributed by atoms with Crippen molar-refractivity contribution in [2.24, 2.45) is 0 Å². The average molecular weight is 360 g/mol. The number of aromatic nitrogens is 2. The van der Waals surface area contributed by atoms with E-state index < -0.39 is 0 Å². The van der Waals surface area contributed by atoms with Crippen LogP contribution in [0.1, 0.15) is 18.4 Å². The molecule has 2 aromatic heterocycles. The summed E-state index contributed by atoms with van der Waals surface area (Å²) in [5.74, 6) is 0.959. The molecule has 0 unspecified atom stereocenters. The van der Waals surface area contributed by atoms with Gasteiger partial charge in [0.25, 0.3) is 0 Å². The van der Waals surface area contributed by atoms with Crippen molar-refractivity contribution in [3.05, 3.63) is 60.3 Å². The first-order valence-electron chi connectivity index (χ1n) is 9.64. The summed E-state index contributed by atoms with van der Waals surface area (Å²) in [7, 11) is 2.14. The summed E-state index contributed by atoms with van der Waals surface area (Å²) in [6.07, 6.45) is 4.44. The molecule has 0 aliphatic carbocycles.